The molecular formula is C24H31BrN2O3S. The van der Waals surface area contributed by atoms with Crippen molar-refractivity contribution in [2.75, 3.05) is 11.9 Å². The molecule has 0 aliphatic heterocycles. The molecule has 0 saturated heterocycles. The second kappa shape index (κ2) is 13.3. The van der Waals surface area contributed by atoms with Crippen LogP contribution < -0.4 is 20.1 Å². The number of nitrogens with one attached hydrogen (secondary N) is 2. The molecule has 31 heavy (non-hydrogen) atoms. The summed E-state index contributed by atoms with van der Waals surface area (Å²) in [5.41, 5.74) is 1.18. The van der Waals surface area contributed by atoms with Crippen LogP contribution in [-0.4, -0.2) is 23.7 Å². The zero-order valence-corrected chi connectivity index (χ0v) is 20.8. The Morgan fingerprint density at radius 1 is 1.13 bits per heavy atom. The molecular weight excluding hydrogens is 476 g/mol. The van der Waals surface area contributed by atoms with Crippen molar-refractivity contribution < 1.29 is 14.3 Å². The number of rotatable bonds is 11. The van der Waals surface area contributed by atoms with Crippen molar-refractivity contribution >= 4 is 44.9 Å². The van der Waals surface area contributed by atoms with E-state index in [0.29, 0.717) is 17.9 Å². The number of hydrogen-bond acceptors (Lipinski definition) is 4. The SMILES string of the molecule is CCCCCCOc1ccc(Br)cc1C(=O)NC(=S)Nc1cccc(OC(C)CC)c1. The second-order valence-electron chi connectivity index (χ2n) is 7.32. The van der Waals surface area contributed by atoms with Crippen molar-refractivity contribution in [2.24, 2.45) is 0 Å². The number of anilines is 1. The van der Waals surface area contributed by atoms with Crippen molar-refractivity contribution in [3.8, 4) is 11.5 Å². The molecule has 168 valence electrons. The average molecular weight is 507 g/mol. The van der Waals surface area contributed by atoms with Crippen LogP contribution in [0.5, 0.6) is 11.5 Å². The van der Waals surface area contributed by atoms with Gasteiger partial charge in [0.2, 0.25) is 0 Å². The van der Waals surface area contributed by atoms with E-state index < -0.39 is 0 Å². The number of halogens is 1. The standard InChI is InChI=1S/C24H31BrN2O3S/c1-4-6-7-8-14-29-22-13-12-18(25)15-21(22)23(28)27-24(31)26-19-10-9-11-20(16-19)30-17(3)5-2/h9-13,15-17H,4-8,14H2,1-3H3,(H2,26,27,28,31). The summed E-state index contributed by atoms with van der Waals surface area (Å²) >= 11 is 8.76. The Morgan fingerprint density at radius 3 is 2.68 bits per heavy atom. The Labute approximate surface area is 199 Å². The van der Waals surface area contributed by atoms with E-state index in [1.165, 1.54) is 12.8 Å². The lowest BCUT2D eigenvalue weighted by Crippen LogP contribution is -2.34. The summed E-state index contributed by atoms with van der Waals surface area (Å²) in [6.07, 6.45) is 5.46. The first kappa shape index (κ1) is 25.1. The number of hydrogen-bond donors (Lipinski definition) is 2. The Hall–Kier alpha value is -2.12. The maximum absolute atomic E-state index is 12.8. The van der Waals surface area contributed by atoms with Crippen LogP contribution in [0.25, 0.3) is 0 Å². The average Bonchev–Trinajstić information content (AvgIpc) is 2.74. The molecule has 2 aromatic carbocycles. The van der Waals surface area contributed by atoms with Gasteiger partial charge in [0.1, 0.15) is 11.5 Å². The summed E-state index contributed by atoms with van der Waals surface area (Å²) in [5.74, 6) is 0.970. The minimum atomic E-state index is -0.325. The first-order chi connectivity index (χ1) is 14.9. The van der Waals surface area contributed by atoms with Gasteiger partial charge in [0, 0.05) is 16.2 Å². The fraction of sp³-hybridized carbons (Fsp3) is 0.417. The fourth-order valence-corrected chi connectivity index (χ4v) is 3.38. The minimum absolute atomic E-state index is 0.124. The highest BCUT2D eigenvalue weighted by Gasteiger charge is 2.15. The smallest absolute Gasteiger partial charge is 0.261 e. The number of amides is 1. The van der Waals surface area contributed by atoms with Gasteiger partial charge in [0.25, 0.3) is 5.91 Å². The van der Waals surface area contributed by atoms with Crippen molar-refractivity contribution in [1.82, 2.24) is 5.32 Å². The molecule has 0 aliphatic rings. The van der Waals surface area contributed by atoms with Gasteiger partial charge in [-0.2, -0.15) is 0 Å². The summed E-state index contributed by atoms with van der Waals surface area (Å²) in [5, 5.41) is 5.98. The normalized spacial score (nSPS) is 11.5. The molecule has 2 rings (SSSR count). The van der Waals surface area contributed by atoms with Crippen LogP contribution >= 0.6 is 28.1 Å². The van der Waals surface area contributed by atoms with Crippen LogP contribution in [0.15, 0.2) is 46.9 Å². The van der Waals surface area contributed by atoms with Gasteiger partial charge >= 0.3 is 0 Å². The van der Waals surface area contributed by atoms with E-state index in [-0.39, 0.29) is 17.1 Å². The van der Waals surface area contributed by atoms with Gasteiger partial charge in [-0.1, -0.05) is 55.1 Å². The number of ether oxygens (including phenoxy) is 2. The van der Waals surface area contributed by atoms with Crippen LogP contribution in [-0.2, 0) is 0 Å². The molecule has 1 unspecified atom stereocenters. The lowest BCUT2D eigenvalue weighted by Gasteiger charge is -2.15. The number of benzene rings is 2. The number of thiocarbonyl (C=S) groups is 1. The van der Waals surface area contributed by atoms with E-state index in [0.717, 1.165) is 35.2 Å². The molecule has 0 radical (unpaired) electrons. The number of unbranched alkanes of at least 4 members (excludes halogenated alkanes) is 3. The lowest BCUT2D eigenvalue weighted by atomic mass is 10.2. The van der Waals surface area contributed by atoms with Crippen LogP contribution in [0.1, 0.15) is 63.2 Å². The monoisotopic (exact) mass is 506 g/mol. The summed E-state index contributed by atoms with van der Waals surface area (Å²) in [6.45, 7) is 6.84. The third-order valence-corrected chi connectivity index (χ3v) is 5.37. The van der Waals surface area contributed by atoms with Crippen molar-refractivity contribution in [2.45, 2.75) is 59.0 Å². The van der Waals surface area contributed by atoms with Crippen molar-refractivity contribution in [1.29, 1.82) is 0 Å². The van der Waals surface area contributed by atoms with E-state index in [9.17, 15) is 4.79 Å². The van der Waals surface area contributed by atoms with Gasteiger partial charge in [-0.25, -0.2) is 0 Å². The van der Waals surface area contributed by atoms with Gasteiger partial charge < -0.3 is 14.8 Å². The van der Waals surface area contributed by atoms with Gasteiger partial charge in [-0.3, -0.25) is 10.1 Å². The van der Waals surface area contributed by atoms with E-state index >= 15 is 0 Å². The van der Waals surface area contributed by atoms with Crippen LogP contribution in [0, 0.1) is 0 Å². The number of carbonyl (C=O) groups is 1. The quantitative estimate of drug-likeness (QED) is 0.262. The van der Waals surface area contributed by atoms with Gasteiger partial charge in [-0.05, 0) is 62.3 Å². The number of carbonyl (C=O) groups excluding carboxylic acids is 1. The molecule has 0 saturated carbocycles. The Morgan fingerprint density at radius 2 is 1.94 bits per heavy atom. The molecule has 2 N–H and O–H groups in total. The van der Waals surface area contributed by atoms with Crippen molar-refractivity contribution in [3.05, 3.63) is 52.5 Å². The largest absolute Gasteiger partial charge is 0.493 e. The summed E-state index contributed by atoms with van der Waals surface area (Å²) in [6, 6.07) is 12.9. The third kappa shape index (κ3) is 8.87. The molecule has 1 amide bonds. The van der Waals surface area contributed by atoms with E-state index in [1.807, 2.05) is 37.3 Å². The predicted octanol–water partition coefficient (Wildman–Crippen LogP) is 6.71. The first-order valence-electron chi connectivity index (χ1n) is 10.7. The van der Waals surface area contributed by atoms with Crippen LogP contribution in [0.2, 0.25) is 0 Å². The molecule has 0 aromatic heterocycles. The van der Waals surface area contributed by atoms with E-state index in [4.69, 9.17) is 21.7 Å². The molecule has 0 spiro atoms. The highest BCUT2D eigenvalue weighted by molar-refractivity contribution is 9.10. The fourth-order valence-electron chi connectivity index (χ4n) is 2.81. The minimum Gasteiger partial charge on any atom is -0.493 e. The van der Waals surface area contributed by atoms with Gasteiger partial charge in [0.15, 0.2) is 5.11 Å². The van der Waals surface area contributed by atoms with E-state index in [2.05, 4.69) is 40.4 Å². The predicted molar refractivity (Wildman–Crippen MR) is 134 cm³/mol. The van der Waals surface area contributed by atoms with E-state index in [1.54, 1.807) is 12.1 Å². The Bertz CT molecular complexity index is 876. The first-order valence-corrected chi connectivity index (χ1v) is 11.9. The maximum atomic E-state index is 12.8. The molecule has 0 fully saturated rings. The maximum Gasteiger partial charge on any atom is 0.261 e. The highest BCUT2D eigenvalue weighted by atomic mass is 79.9. The zero-order valence-electron chi connectivity index (χ0n) is 18.4. The topological polar surface area (TPSA) is 59.6 Å². The second-order valence-corrected chi connectivity index (χ2v) is 8.65. The summed E-state index contributed by atoms with van der Waals surface area (Å²) < 4.78 is 12.5. The Kier molecular flexibility index (Phi) is 10.8. The zero-order chi connectivity index (χ0) is 22.6. The summed E-state index contributed by atoms with van der Waals surface area (Å²) in [7, 11) is 0. The molecule has 7 heteroatoms. The Balaban J connectivity index is 1.98. The highest BCUT2D eigenvalue weighted by Crippen LogP contribution is 2.24. The van der Waals surface area contributed by atoms with Gasteiger partial charge in [0.05, 0.1) is 18.3 Å². The van der Waals surface area contributed by atoms with Crippen LogP contribution in [0.4, 0.5) is 5.69 Å². The molecule has 1 atom stereocenters. The lowest BCUT2D eigenvalue weighted by molar-refractivity contribution is 0.0973. The molecule has 2 aromatic rings. The van der Waals surface area contributed by atoms with Crippen molar-refractivity contribution in [3.63, 3.8) is 0 Å². The third-order valence-electron chi connectivity index (χ3n) is 4.67. The summed E-state index contributed by atoms with van der Waals surface area (Å²) in [4.78, 5) is 12.8. The molecule has 0 aliphatic carbocycles. The molecule has 0 bridgehead atoms. The van der Waals surface area contributed by atoms with Gasteiger partial charge in [-0.15, -0.1) is 0 Å². The molecule has 0 heterocycles. The molecule has 5 nitrogen and oxygen atoms in total. The van der Waals surface area contributed by atoms with Crippen LogP contribution in [0.3, 0.4) is 0 Å².